The summed E-state index contributed by atoms with van der Waals surface area (Å²) in [6.45, 7) is 7.72. The minimum absolute atomic E-state index is 0. The van der Waals surface area contributed by atoms with Crippen LogP contribution in [0.25, 0.3) is 0 Å². The lowest BCUT2D eigenvalue weighted by Crippen LogP contribution is -2.18. The van der Waals surface area contributed by atoms with Crippen LogP contribution in [0.4, 0.5) is 0 Å². The molecule has 0 bridgehead atoms. The fourth-order valence-electron chi connectivity index (χ4n) is 1.47. The lowest BCUT2D eigenvalue weighted by atomic mass is 10.2. The SMILES string of the molecule is CCCn1cc(CNCCOC)c(C)n1.Cl. The van der Waals surface area contributed by atoms with Crippen molar-refractivity contribution >= 4 is 12.4 Å². The Morgan fingerprint density at radius 3 is 2.88 bits per heavy atom. The van der Waals surface area contributed by atoms with Crippen LogP contribution in [0.5, 0.6) is 0 Å². The third kappa shape index (κ3) is 4.96. The van der Waals surface area contributed by atoms with E-state index in [4.69, 9.17) is 4.74 Å². The highest BCUT2D eigenvalue weighted by atomic mass is 35.5. The summed E-state index contributed by atoms with van der Waals surface area (Å²) >= 11 is 0. The van der Waals surface area contributed by atoms with Gasteiger partial charge in [0, 0.05) is 38.5 Å². The van der Waals surface area contributed by atoms with Gasteiger partial charge in [-0.05, 0) is 13.3 Å². The number of rotatable bonds is 7. The highest BCUT2D eigenvalue weighted by Gasteiger charge is 2.03. The van der Waals surface area contributed by atoms with E-state index in [1.54, 1.807) is 7.11 Å². The van der Waals surface area contributed by atoms with Crippen molar-refractivity contribution in [1.29, 1.82) is 0 Å². The second-order valence-electron chi connectivity index (χ2n) is 3.67. The second-order valence-corrected chi connectivity index (χ2v) is 3.67. The Kier molecular flexibility index (Phi) is 8.25. The highest BCUT2D eigenvalue weighted by Crippen LogP contribution is 2.05. The van der Waals surface area contributed by atoms with Gasteiger partial charge in [0.25, 0.3) is 0 Å². The number of hydrogen-bond donors (Lipinski definition) is 1. The maximum absolute atomic E-state index is 4.97. The van der Waals surface area contributed by atoms with Crippen molar-refractivity contribution in [3.63, 3.8) is 0 Å². The van der Waals surface area contributed by atoms with Gasteiger partial charge in [0.15, 0.2) is 0 Å². The van der Waals surface area contributed by atoms with Gasteiger partial charge in [-0.2, -0.15) is 5.10 Å². The van der Waals surface area contributed by atoms with E-state index < -0.39 is 0 Å². The molecule has 1 aromatic rings. The van der Waals surface area contributed by atoms with Gasteiger partial charge in [-0.15, -0.1) is 12.4 Å². The number of nitrogens with one attached hydrogen (secondary N) is 1. The van der Waals surface area contributed by atoms with Gasteiger partial charge in [-0.1, -0.05) is 6.92 Å². The average Bonchev–Trinajstić information content (AvgIpc) is 2.55. The lowest BCUT2D eigenvalue weighted by molar-refractivity contribution is 0.199. The molecule has 0 aliphatic heterocycles. The molecule has 1 aromatic heterocycles. The van der Waals surface area contributed by atoms with Crippen LogP contribution in [0.15, 0.2) is 6.20 Å². The Morgan fingerprint density at radius 2 is 2.25 bits per heavy atom. The van der Waals surface area contributed by atoms with Crippen LogP contribution >= 0.6 is 12.4 Å². The van der Waals surface area contributed by atoms with Gasteiger partial charge < -0.3 is 10.1 Å². The van der Waals surface area contributed by atoms with Crippen molar-refractivity contribution in [3.05, 3.63) is 17.5 Å². The quantitative estimate of drug-likeness (QED) is 0.747. The normalized spacial score (nSPS) is 10.2. The average molecular weight is 248 g/mol. The van der Waals surface area contributed by atoms with Crippen LogP contribution in [0.2, 0.25) is 0 Å². The minimum Gasteiger partial charge on any atom is -0.383 e. The van der Waals surface area contributed by atoms with Crippen molar-refractivity contribution in [2.45, 2.75) is 33.4 Å². The second kappa shape index (κ2) is 8.56. The van der Waals surface area contributed by atoms with E-state index in [0.29, 0.717) is 0 Å². The molecule has 0 atom stereocenters. The third-order valence-corrected chi connectivity index (χ3v) is 2.30. The molecule has 0 saturated heterocycles. The topological polar surface area (TPSA) is 39.1 Å². The van der Waals surface area contributed by atoms with Gasteiger partial charge in [0.05, 0.1) is 12.3 Å². The molecule has 0 unspecified atom stereocenters. The molecule has 1 heterocycles. The number of nitrogens with zero attached hydrogens (tertiary/aromatic N) is 2. The number of ether oxygens (including phenoxy) is 1. The first-order valence-electron chi connectivity index (χ1n) is 5.50. The molecular formula is C11H22ClN3O. The fourth-order valence-corrected chi connectivity index (χ4v) is 1.47. The van der Waals surface area contributed by atoms with Crippen LogP contribution in [0.3, 0.4) is 0 Å². The van der Waals surface area contributed by atoms with E-state index in [1.165, 1.54) is 5.56 Å². The number of methoxy groups -OCH3 is 1. The van der Waals surface area contributed by atoms with Crippen LogP contribution in [0.1, 0.15) is 24.6 Å². The van der Waals surface area contributed by atoms with E-state index in [-0.39, 0.29) is 12.4 Å². The lowest BCUT2D eigenvalue weighted by Gasteiger charge is -2.01. The Labute approximate surface area is 104 Å². The molecule has 4 nitrogen and oxygen atoms in total. The molecule has 1 N–H and O–H groups in total. The zero-order valence-corrected chi connectivity index (χ0v) is 11.1. The minimum atomic E-state index is 0. The van der Waals surface area contributed by atoms with E-state index in [2.05, 4.69) is 30.5 Å². The largest absolute Gasteiger partial charge is 0.383 e. The standard InChI is InChI=1S/C11H21N3O.ClH/c1-4-6-14-9-11(10(2)13-14)8-12-5-7-15-3;/h9,12H,4-8H2,1-3H3;1H. The Morgan fingerprint density at radius 1 is 1.50 bits per heavy atom. The predicted molar refractivity (Wildman–Crippen MR) is 68.1 cm³/mol. The molecule has 16 heavy (non-hydrogen) atoms. The van der Waals surface area contributed by atoms with Gasteiger partial charge in [0.2, 0.25) is 0 Å². The van der Waals surface area contributed by atoms with Crippen LogP contribution in [0, 0.1) is 6.92 Å². The number of hydrogen-bond acceptors (Lipinski definition) is 3. The van der Waals surface area contributed by atoms with Crippen molar-refractivity contribution in [3.8, 4) is 0 Å². The summed E-state index contributed by atoms with van der Waals surface area (Å²) in [5.41, 5.74) is 2.40. The van der Waals surface area contributed by atoms with Crippen LogP contribution in [-0.2, 0) is 17.8 Å². The molecule has 1 rings (SSSR count). The van der Waals surface area contributed by atoms with Crippen LogP contribution < -0.4 is 5.32 Å². The zero-order chi connectivity index (χ0) is 11.1. The first-order valence-corrected chi connectivity index (χ1v) is 5.50. The van der Waals surface area contributed by atoms with E-state index in [0.717, 1.165) is 38.4 Å². The monoisotopic (exact) mass is 247 g/mol. The summed E-state index contributed by atoms with van der Waals surface area (Å²) < 4.78 is 6.99. The molecule has 0 radical (unpaired) electrons. The fraction of sp³-hybridized carbons (Fsp3) is 0.727. The molecule has 94 valence electrons. The van der Waals surface area contributed by atoms with Crippen LogP contribution in [-0.4, -0.2) is 30.0 Å². The third-order valence-electron chi connectivity index (χ3n) is 2.30. The first kappa shape index (κ1) is 15.4. The predicted octanol–water partition coefficient (Wildman–Crippen LogP) is 1.76. The van der Waals surface area contributed by atoms with Gasteiger partial charge in [-0.3, -0.25) is 4.68 Å². The molecule has 5 heteroatoms. The molecule has 0 aliphatic carbocycles. The van der Waals surface area contributed by atoms with Gasteiger partial charge in [-0.25, -0.2) is 0 Å². The summed E-state index contributed by atoms with van der Waals surface area (Å²) in [6, 6.07) is 0. The van der Waals surface area contributed by atoms with Crippen molar-refractivity contribution in [2.24, 2.45) is 0 Å². The Bertz CT molecular complexity index is 289. The van der Waals surface area contributed by atoms with Crippen molar-refractivity contribution in [1.82, 2.24) is 15.1 Å². The molecule has 0 fully saturated rings. The smallest absolute Gasteiger partial charge is 0.0638 e. The molecule has 0 spiro atoms. The number of halogens is 1. The van der Waals surface area contributed by atoms with E-state index >= 15 is 0 Å². The first-order chi connectivity index (χ1) is 7.27. The van der Waals surface area contributed by atoms with Gasteiger partial charge in [0.1, 0.15) is 0 Å². The molecular weight excluding hydrogens is 226 g/mol. The number of aromatic nitrogens is 2. The summed E-state index contributed by atoms with van der Waals surface area (Å²) in [5.74, 6) is 0. The Hall–Kier alpha value is -0.580. The maximum atomic E-state index is 4.97. The van der Waals surface area contributed by atoms with Gasteiger partial charge >= 0.3 is 0 Å². The van der Waals surface area contributed by atoms with E-state index in [1.807, 2.05) is 4.68 Å². The van der Waals surface area contributed by atoms with Crippen molar-refractivity contribution < 1.29 is 4.74 Å². The molecule has 0 aliphatic rings. The highest BCUT2D eigenvalue weighted by molar-refractivity contribution is 5.85. The summed E-state index contributed by atoms with van der Waals surface area (Å²) in [4.78, 5) is 0. The molecule has 0 amide bonds. The Balaban J connectivity index is 0.00000225. The van der Waals surface area contributed by atoms with Crippen molar-refractivity contribution in [2.75, 3.05) is 20.3 Å². The number of aryl methyl sites for hydroxylation is 2. The maximum Gasteiger partial charge on any atom is 0.0638 e. The summed E-state index contributed by atoms with van der Waals surface area (Å²) in [5, 5.41) is 7.77. The summed E-state index contributed by atoms with van der Waals surface area (Å²) in [6.07, 6.45) is 3.25. The zero-order valence-electron chi connectivity index (χ0n) is 10.3. The van der Waals surface area contributed by atoms with E-state index in [9.17, 15) is 0 Å². The molecule has 0 saturated carbocycles. The summed E-state index contributed by atoms with van der Waals surface area (Å²) in [7, 11) is 1.71. The molecule has 0 aromatic carbocycles.